The first-order valence-corrected chi connectivity index (χ1v) is 9.35. The second-order valence-electron chi connectivity index (χ2n) is 6.16. The third kappa shape index (κ3) is 3.18. The number of hydrogen-bond donors (Lipinski definition) is 1. The molecule has 1 aromatic heterocycles. The Hall–Kier alpha value is -2.79. The highest BCUT2D eigenvalue weighted by Crippen LogP contribution is 2.46. The standard InChI is InChI=1S/C21H19NO3S/c1-24-18-9-5-8-15(20(18)25-13-14-6-3-2-4-7-14)16-12-19(23)22-17-10-11-26-21(16)17/h2-11,16H,12-13H2,1H3,(H,22,23)/t16-/m1/s1. The first-order valence-electron chi connectivity index (χ1n) is 8.47. The number of para-hydroxylation sites is 1. The predicted octanol–water partition coefficient (Wildman–Crippen LogP) is 4.81. The first-order chi connectivity index (χ1) is 12.8. The minimum Gasteiger partial charge on any atom is -0.493 e. The molecule has 2 aromatic carbocycles. The monoisotopic (exact) mass is 365 g/mol. The number of amides is 1. The van der Waals surface area contributed by atoms with Gasteiger partial charge in [0.2, 0.25) is 5.91 Å². The number of hydrogen-bond acceptors (Lipinski definition) is 4. The summed E-state index contributed by atoms with van der Waals surface area (Å²) >= 11 is 1.66. The van der Waals surface area contributed by atoms with Crippen molar-refractivity contribution in [2.24, 2.45) is 0 Å². The molecule has 0 radical (unpaired) electrons. The highest BCUT2D eigenvalue weighted by molar-refractivity contribution is 7.10. The fraction of sp³-hybridized carbons (Fsp3) is 0.190. The zero-order valence-corrected chi connectivity index (χ0v) is 15.2. The second kappa shape index (κ2) is 7.22. The summed E-state index contributed by atoms with van der Waals surface area (Å²) in [6, 6.07) is 17.8. The molecular weight excluding hydrogens is 346 g/mol. The van der Waals surface area contributed by atoms with E-state index in [0.717, 1.165) is 21.7 Å². The van der Waals surface area contributed by atoms with Crippen LogP contribution < -0.4 is 14.8 Å². The number of thiophene rings is 1. The number of ether oxygens (including phenoxy) is 2. The second-order valence-corrected chi connectivity index (χ2v) is 7.10. The van der Waals surface area contributed by atoms with Gasteiger partial charge < -0.3 is 14.8 Å². The van der Waals surface area contributed by atoms with Crippen molar-refractivity contribution in [3.05, 3.63) is 76.0 Å². The quantitative estimate of drug-likeness (QED) is 0.706. The topological polar surface area (TPSA) is 47.6 Å². The van der Waals surface area contributed by atoms with Crippen molar-refractivity contribution in [3.63, 3.8) is 0 Å². The number of nitrogens with one attached hydrogen (secondary N) is 1. The van der Waals surface area contributed by atoms with Crippen LogP contribution in [0.1, 0.15) is 28.3 Å². The lowest BCUT2D eigenvalue weighted by Crippen LogP contribution is -2.22. The van der Waals surface area contributed by atoms with Crippen molar-refractivity contribution in [1.82, 2.24) is 0 Å². The van der Waals surface area contributed by atoms with E-state index in [9.17, 15) is 4.79 Å². The first kappa shape index (κ1) is 16.7. The smallest absolute Gasteiger partial charge is 0.225 e. The van der Waals surface area contributed by atoms with Crippen molar-refractivity contribution >= 4 is 22.9 Å². The van der Waals surface area contributed by atoms with E-state index in [2.05, 4.69) is 5.32 Å². The van der Waals surface area contributed by atoms with Crippen molar-refractivity contribution in [1.29, 1.82) is 0 Å². The molecule has 0 aliphatic carbocycles. The van der Waals surface area contributed by atoms with Gasteiger partial charge in [-0.05, 0) is 23.1 Å². The van der Waals surface area contributed by atoms with Crippen LogP contribution in [0.2, 0.25) is 0 Å². The predicted molar refractivity (Wildman–Crippen MR) is 103 cm³/mol. The molecule has 3 aromatic rings. The fourth-order valence-corrected chi connectivity index (χ4v) is 4.25. The third-order valence-corrected chi connectivity index (χ3v) is 5.54. The summed E-state index contributed by atoms with van der Waals surface area (Å²) in [5.41, 5.74) is 2.97. The Morgan fingerprint density at radius 2 is 1.96 bits per heavy atom. The van der Waals surface area contributed by atoms with E-state index in [1.165, 1.54) is 0 Å². The van der Waals surface area contributed by atoms with Crippen LogP contribution in [0.3, 0.4) is 0 Å². The van der Waals surface area contributed by atoms with Crippen LogP contribution in [-0.4, -0.2) is 13.0 Å². The number of methoxy groups -OCH3 is 1. The van der Waals surface area contributed by atoms with Gasteiger partial charge >= 0.3 is 0 Å². The van der Waals surface area contributed by atoms with E-state index < -0.39 is 0 Å². The van der Waals surface area contributed by atoms with Gasteiger partial charge in [0, 0.05) is 22.8 Å². The van der Waals surface area contributed by atoms with Crippen LogP contribution in [-0.2, 0) is 11.4 Å². The van der Waals surface area contributed by atoms with Crippen LogP contribution in [0.4, 0.5) is 5.69 Å². The van der Waals surface area contributed by atoms with Crippen molar-refractivity contribution in [2.45, 2.75) is 18.9 Å². The third-order valence-electron chi connectivity index (χ3n) is 4.51. The van der Waals surface area contributed by atoms with Crippen molar-refractivity contribution < 1.29 is 14.3 Å². The summed E-state index contributed by atoms with van der Waals surface area (Å²) in [6.45, 7) is 0.449. The van der Waals surface area contributed by atoms with Gasteiger partial charge in [0.05, 0.1) is 12.8 Å². The number of carbonyl (C=O) groups excluding carboxylic acids is 1. The van der Waals surface area contributed by atoms with Crippen molar-refractivity contribution in [2.75, 3.05) is 12.4 Å². The zero-order chi connectivity index (χ0) is 17.9. The molecule has 4 nitrogen and oxygen atoms in total. The highest BCUT2D eigenvalue weighted by Gasteiger charge is 2.30. The van der Waals surface area contributed by atoms with Gasteiger partial charge in [0.25, 0.3) is 0 Å². The molecule has 1 amide bonds. The van der Waals surface area contributed by atoms with Crippen LogP contribution in [0.25, 0.3) is 0 Å². The summed E-state index contributed by atoms with van der Waals surface area (Å²) in [7, 11) is 1.64. The lowest BCUT2D eigenvalue weighted by atomic mass is 9.89. The van der Waals surface area contributed by atoms with Gasteiger partial charge in [-0.2, -0.15) is 0 Å². The van der Waals surface area contributed by atoms with Crippen LogP contribution >= 0.6 is 11.3 Å². The Labute approximate surface area is 156 Å². The summed E-state index contributed by atoms with van der Waals surface area (Å²) < 4.78 is 11.7. The molecule has 2 heterocycles. The Kier molecular flexibility index (Phi) is 4.63. The number of fused-ring (bicyclic) bond motifs is 1. The van der Waals surface area contributed by atoms with E-state index in [1.54, 1.807) is 18.4 Å². The fourth-order valence-electron chi connectivity index (χ4n) is 3.28. The summed E-state index contributed by atoms with van der Waals surface area (Å²) in [6.07, 6.45) is 0.405. The molecule has 26 heavy (non-hydrogen) atoms. The summed E-state index contributed by atoms with van der Waals surface area (Å²) in [5.74, 6) is 1.39. The van der Waals surface area contributed by atoms with Gasteiger partial charge in [0.15, 0.2) is 11.5 Å². The maximum Gasteiger partial charge on any atom is 0.225 e. The Bertz CT molecular complexity index is 920. The summed E-state index contributed by atoms with van der Waals surface area (Å²) in [4.78, 5) is 13.3. The largest absolute Gasteiger partial charge is 0.493 e. The molecule has 1 N–H and O–H groups in total. The lowest BCUT2D eigenvalue weighted by Gasteiger charge is -2.25. The normalized spacial score (nSPS) is 15.9. The van der Waals surface area contributed by atoms with Crippen LogP contribution in [0.15, 0.2) is 60.0 Å². The van der Waals surface area contributed by atoms with Gasteiger partial charge in [-0.15, -0.1) is 11.3 Å². The minimum absolute atomic E-state index is 0.0257. The van der Waals surface area contributed by atoms with E-state index in [1.807, 2.05) is 60.0 Å². The van der Waals surface area contributed by atoms with E-state index >= 15 is 0 Å². The molecule has 1 aliphatic heterocycles. The average Bonchev–Trinajstić information content (AvgIpc) is 3.14. The number of anilines is 1. The average molecular weight is 365 g/mol. The number of benzene rings is 2. The summed E-state index contributed by atoms with van der Waals surface area (Å²) in [5, 5.41) is 4.95. The van der Waals surface area contributed by atoms with E-state index in [0.29, 0.717) is 24.5 Å². The van der Waals surface area contributed by atoms with Gasteiger partial charge in [0.1, 0.15) is 6.61 Å². The molecule has 0 saturated heterocycles. The molecule has 132 valence electrons. The molecule has 4 rings (SSSR count). The van der Waals surface area contributed by atoms with Crippen LogP contribution in [0.5, 0.6) is 11.5 Å². The number of rotatable bonds is 5. The Morgan fingerprint density at radius 1 is 1.12 bits per heavy atom. The maximum atomic E-state index is 12.2. The zero-order valence-electron chi connectivity index (χ0n) is 14.4. The molecule has 0 unspecified atom stereocenters. The molecule has 5 heteroatoms. The highest BCUT2D eigenvalue weighted by atomic mass is 32.1. The van der Waals surface area contributed by atoms with E-state index in [4.69, 9.17) is 9.47 Å². The molecule has 1 atom stereocenters. The SMILES string of the molecule is COc1cccc([C@H]2CC(=O)Nc3ccsc32)c1OCc1ccccc1. The molecule has 0 spiro atoms. The maximum absolute atomic E-state index is 12.2. The Morgan fingerprint density at radius 3 is 2.77 bits per heavy atom. The van der Waals surface area contributed by atoms with Gasteiger partial charge in [-0.1, -0.05) is 42.5 Å². The molecule has 0 saturated carbocycles. The molecular formula is C21H19NO3S. The van der Waals surface area contributed by atoms with Crippen molar-refractivity contribution in [3.8, 4) is 11.5 Å². The molecule has 0 bridgehead atoms. The minimum atomic E-state index is -0.0281. The number of carbonyl (C=O) groups is 1. The van der Waals surface area contributed by atoms with Crippen LogP contribution in [0, 0.1) is 0 Å². The molecule has 0 fully saturated rings. The van der Waals surface area contributed by atoms with E-state index in [-0.39, 0.29) is 11.8 Å². The molecule has 1 aliphatic rings. The lowest BCUT2D eigenvalue weighted by molar-refractivity contribution is -0.116. The van der Waals surface area contributed by atoms with Gasteiger partial charge in [-0.25, -0.2) is 0 Å². The Balaban J connectivity index is 1.72. The van der Waals surface area contributed by atoms with Gasteiger partial charge in [-0.3, -0.25) is 4.79 Å².